The first-order chi connectivity index (χ1) is 12.9. The summed E-state index contributed by atoms with van der Waals surface area (Å²) in [6.45, 7) is 0. The number of hydrogen-bond acceptors (Lipinski definition) is 9. The fraction of sp³-hybridized carbons (Fsp3) is 0. The molecule has 0 radical (unpaired) electrons. The lowest BCUT2D eigenvalue weighted by Gasteiger charge is -2.05. The molecule has 0 atom stereocenters. The van der Waals surface area contributed by atoms with Crippen LogP contribution in [0.25, 0.3) is 0 Å². The largest absolute Gasteiger partial charge is 0.398 e. The minimum atomic E-state index is -0.561. The van der Waals surface area contributed by atoms with Crippen LogP contribution < -0.4 is 17.2 Å². The van der Waals surface area contributed by atoms with E-state index < -0.39 is 10.8 Å². The Kier molecular flexibility index (Phi) is 4.49. The smallest absolute Gasteiger partial charge is 0.282 e. The number of non-ortho nitro benzene ring substituents is 1. The van der Waals surface area contributed by atoms with Crippen LogP contribution in [0.1, 0.15) is 10.4 Å². The van der Waals surface area contributed by atoms with Crippen molar-refractivity contribution in [3.8, 4) is 0 Å². The van der Waals surface area contributed by atoms with Crippen molar-refractivity contribution < 1.29 is 9.72 Å². The first-order valence-corrected chi connectivity index (χ1v) is 7.58. The average Bonchev–Trinajstić information content (AvgIpc) is 2.94. The number of hydrogen-bond donors (Lipinski definition) is 3. The van der Waals surface area contributed by atoms with Gasteiger partial charge in [0, 0.05) is 17.8 Å². The molecule has 3 aromatic rings. The number of anilines is 3. The number of nitro benzene ring substituents is 1. The minimum Gasteiger partial charge on any atom is -0.398 e. The van der Waals surface area contributed by atoms with Gasteiger partial charge in [-0.25, -0.2) is 0 Å². The Morgan fingerprint density at radius 3 is 2.33 bits per heavy atom. The number of carbonyl (C=O) groups excluding carboxylic acids is 1. The summed E-state index contributed by atoms with van der Waals surface area (Å²) in [5.74, 6) is -0.762. The van der Waals surface area contributed by atoms with Gasteiger partial charge < -0.3 is 17.2 Å². The summed E-state index contributed by atoms with van der Waals surface area (Å²) in [7, 11) is 0. The molecule has 0 aliphatic rings. The summed E-state index contributed by atoms with van der Waals surface area (Å²) in [5, 5.41) is 22.4. The molecule has 0 spiro atoms. The molecular weight excluding hydrogens is 352 g/mol. The predicted molar refractivity (Wildman–Crippen MR) is 98.9 cm³/mol. The Hall–Kier alpha value is -4.28. The predicted octanol–water partition coefficient (Wildman–Crippen LogP) is 2.64. The second kappa shape index (κ2) is 6.92. The van der Waals surface area contributed by atoms with E-state index in [9.17, 15) is 14.9 Å². The molecule has 6 N–H and O–H groups in total. The van der Waals surface area contributed by atoms with Gasteiger partial charge in [0.2, 0.25) is 0 Å². The number of para-hydroxylation sites is 1. The highest BCUT2D eigenvalue weighted by Gasteiger charge is 2.21. The highest BCUT2D eigenvalue weighted by atomic mass is 16.6. The highest BCUT2D eigenvalue weighted by Crippen LogP contribution is 2.31. The summed E-state index contributed by atoms with van der Waals surface area (Å²) >= 11 is 0. The van der Waals surface area contributed by atoms with Gasteiger partial charge in [-0.3, -0.25) is 14.9 Å². The lowest BCUT2D eigenvalue weighted by atomic mass is 10.2. The fourth-order valence-corrected chi connectivity index (χ4v) is 2.25. The first-order valence-electron chi connectivity index (χ1n) is 7.58. The monoisotopic (exact) mass is 366 g/mol. The van der Waals surface area contributed by atoms with Gasteiger partial charge in [0.15, 0.2) is 17.3 Å². The molecule has 0 aliphatic heterocycles. The topological polar surface area (TPSA) is 181 Å². The third-order valence-electron chi connectivity index (χ3n) is 3.63. The van der Waals surface area contributed by atoms with Crippen molar-refractivity contribution in [1.82, 2.24) is 9.78 Å². The molecule has 3 rings (SSSR count). The number of benzene rings is 2. The highest BCUT2D eigenvalue weighted by molar-refractivity contribution is 6.02. The molecule has 2 aromatic carbocycles. The van der Waals surface area contributed by atoms with E-state index in [0.29, 0.717) is 5.69 Å². The number of nitrogens with two attached hydrogens (primary N) is 3. The number of carbonyl (C=O) groups is 1. The maximum Gasteiger partial charge on any atom is 0.282 e. The Morgan fingerprint density at radius 2 is 1.70 bits per heavy atom. The van der Waals surface area contributed by atoms with Crippen molar-refractivity contribution >= 4 is 40.3 Å². The van der Waals surface area contributed by atoms with Gasteiger partial charge in [-0.1, -0.05) is 12.1 Å². The quantitative estimate of drug-likeness (QED) is 0.274. The zero-order valence-corrected chi connectivity index (χ0v) is 13.8. The Labute approximate surface area is 152 Å². The van der Waals surface area contributed by atoms with E-state index in [1.807, 2.05) is 0 Å². The van der Waals surface area contributed by atoms with Gasteiger partial charge in [0.25, 0.3) is 11.6 Å². The zero-order chi connectivity index (χ0) is 19.6. The summed E-state index contributed by atoms with van der Waals surface area (Å²) in [6.07, 6.45) is 0. The molecule has 0 aliphatic carbocycles. The molecule has 0 saturated heterocycles. The van der Waals surface area contributed by atoms with Crippen LogP contribution in [0.5, 0.6) is 0 Å². The number of azo groups is 1. The van der Waals surface area contributed by atoms with Gasteiger partial charge in [-0.05, 0) is 24.3 Å². The lowest BCUT2D eigenvalue weighted by Crippen LogP contribution is -2.17. The van der Waals surface area contributed by atoms with E-state index in [2.05, 4.69) is 15.3 Å². The van der Waals surface area contributed by atoms with Crippen molar-refractivity contribution in [2.45, 2.75) is 0 Å². The SMILES string of the molecule is Nc1ccccc1C(=O)n1nc(N)c(N=Nc2ccc([N+](=O)[O-])cc2)c1N. The van der Waals surface area contributed by atoms with Crippen LogP contribution in [0.15, 0.2) is 58.8 Å². The van der Waals surface area contributed by atoms with Crippen LogP contribution in [0.3, 0.4) is 0 Å². The maximum absolute atomic E-state index is 12.6. The summed E-state index contributed by atoms with van der Waals surface area (Å²) in [6, 6.07) is 11.8. The van der Waals surface area contributed by atoms with Crippen LogP contribution in [-0.2, 0) is 0 Å². The minimum absolute atomic E-state index is 0.0104. The van der Waals surface area contributed by atoms with Gasteiger partial charge in [-0.15, -0.1) is 10.2 Å². The van der Waals surface area contributed by atoms with Gasteiger partial charge in [0.05, 0.1) is 16.2 Å². The van der Waals surface area contributed by atoms with Crippen LogP contribution >= 0.6 is 0 Å². The normalized spacial score (nSPS) is 11.0. The number of nitro groups is 1. The molecule has 1 heterocycles. The molecule has 1 aromatic heterocycles. The molecule has 136 valence electrons. The second-order valence-electron chi connectivity index (χ2n) is 5.40. The van der Waals surface area contributed by atoms with E-state index >= 15 is 0 Å². The van der Waals surface area contributed by atoms with E-state index in [4.69, 9.17) is 17.2 Å². The van der Waals surface area contributed by atoms with Crippen LogP contribution in [0.2, 0.25) is 0 Å². The molecule has 11 heteroatoms. The van der Waals surface area contributed by atoms with Gasteiger partial charge in [0.1, 0.15) is 0 Å². The van der Waals surface area contributed by atoms with E-state index in [1.54, 1.807) is 18.2 Å². The van der Waals surface area contributed by atoms with Crippen LogP contribution in [0.4, 0.5) is 34.4 Å². The molecule has 0 fully saturated rings. The van der Waals surface area contributed by atoms with Crippen molar-refractivity contribution in [3.63, 3.8) is 0 Å². The molecule has 0 amide bonds. The van der Waals surface area contributed by atoms with Crippen molar-refractivity contribution in [1.29, 1.82) is 0 Å². The van der Waals surface area contributed by atoms with Crippen LogP contribution in [0, 0.1) is 10.1 Å². The van der Waals surface area contributed by atoms with E-state index in [-0.39, 0.29) is 34.3 Å². The molecule has 0 unspecified atom stereocenters. The number of aromatic nitrogens is 2. The van der Waals surface area contributed by atoms with Crippen LogP contribution in [-0.4, -0.2) is 20.6 Å². The second-order valence-corrected chi connectivity index (χ2v) is 5.40. The van der Waals surface area contributed by atoms with Crippen molar-refractivity contribution in [2.24, 2.45) is 10.2 Å². The number of rotatable bonds is 4. The average molecular weight is 366 g/mol. The zero-order valence-electron chi connectivity index (χ0n) is 13.8. The summed E-state index contributed by atoms with van der Waals surface area (Å²) in [4.78, 5) is 22.7. The third-order valence-corrected chi connectivity index (χ3v) is 3.63. The van der Waals surface area contributed by atoms with E-state index in [1.165, 1.54) is 30.3 Å². The lowest BCUT2D eigenvalue weighted by molar-refractivity contribution is -0.384. The van der Waals surface area contributed by atoms with Gasteiger partial charge in [-0.2, -0.15) is 9.80 Å². The first kappa shape index (κ1) is 17.5. The molecule has 11 nitrogen and oxygen atoms in total. The van der Waals surface area contributed by atoms with Gasteiger partial charge >= 0.3 is 0 Å². The molecule has 0 bridgehead atoms. The molecule has 0 saturated carbocycles. The Balaban J connectivity index is 1.91. The van der Waals surface area contributed by atoms with Crippen molar-refractivity contribution in [3.05, 3.63) is 64.2 Å². The summed E-state index contributed by atoms with van der Waals surface area (Å²) in [5.41, 5.74) is 18.3. The standard InChI is InChI=1S/C16H14N8O3/c17-12-4-2-1-3-11(12)16(25)23-15(19)13(14(18)22-23)21-20-9-5-7-10(8-6-9)24(26)27/h1-8H,17,19H2,(H2,18,22). The summed E-state index contributed by atoms with van der Waals surface area (Å²) < 4.78 is 0.894. The van der Waals surface area contributed by atoms with E-state index in [0.717, 1.165) is 4.68 Å². The Bertz CT molecular complexity index is 1060. The number of nitrogen functional groups attached to an aromatic ring is 3. The number of nitrogens with zero attached hydrogens (tertiary/aromatic N) is 5. The molecule has 27 heavy (non-hydrogen) atoms. The van der Waals surface area contributed by atoms with Crippen molar-refractivity contribution in [2.75, 3.05) is 17.2 Å². The maximum atomic E-state index is 12.6. The fourth-order valence-electron chi connectivity index (χ4n) is 2.25. The molecular formula is C16H14N8O3. The Morgan fingerprint density at radius 1 is 1.04 bits per heavy atom. The third kappa shape index (κ3) is 3.42.